The van der Waals surface area contributed by atoms with Crippen LogP contribution >= 0.6 is 0 Å². The van der Waals surface area contributed by atoms with E-state index in [9.17, 15) is 13.2 Å². The first-order valence-corrected chi connectivity index (χ1v) is 6.38. The minimum absolute atomic E-state index is 1.27. The molecule has 0 N–H and O–H groups in total. The maximum atomic E-state index is 11.2. The number of hydrogen-bond acceptors (Lipinski definition) is 0. The first kappa shape index (κ1) is 7.35. The van der Waals surface area contributed by atoms with Crippen molar-refractivity contribution in [2.75, 3.05) is 0 Å². The molecule has 0 aromatic heterocycles. The van der Waals surface area contributed by atoms with Crippen LogP contribution in [0.4, 0.5) is 13.2 Å². The Bertz CT molecular complexity index is 55.7. The van der Waals surface area contributed by atoms with Crippen LogP contribution in [0.2, 0.25) is 11.4 Å². The third-order valence-corrected chi connectivity index (χ3v) is 2.63. The van der Waals surface area contributed by atoms with Crippen LogP contribution in [-0.2, 0) is 0 Å². The molecule has 4 heteroatoms. The van der Waals surface area contributed by atoms with Crippen molar-refractivity contribution in [3.63, 3.8) is 0 Å². The zero-order valence-electron chi connectivity index (χ0n) is 4.08. The Morgan fingerprint density at radius 3 is 1.29 bits per heavy atom. The molecule has 0 aromatic rings. The Balaban J connectivity index is 3.54. The Morgan fingerprint density at radius 2 is 1.29 bits per heavy atom. The number of hydrogen-bond donors (Lipinski definition) is 0. The van der Waals surface area contributed by atoms with Crippen molar-refractivity contribution in [3.8, 4) is 0 Å². The van der Waals surface area contributed by atoms with Gasteiger partial charge in [-0.1, -0.05) is 0 Å². The second kappa shape index (κ2) is 2.08. The number of halogens is 3. The molecule has 0 aromatic carbocycles. The van der Waals surface area contributed by atoms with E-state index in [4.69, 9.17) is 0 Å². The topological polar surface area (TPSA) is 0 Å². The van der Waals surface area contributed by atoms with Crippen LogP contribution in [-0.4, -0.2) is 19.6 Å². The molecular formula is C3H6AsF3. The van der Waals surface area contributed by atoms with Crippen molar-refractivity contribution in [1.29, 1.82) is 0 Å². The Hall–Kier alpha value is 0.348. The van der Waals surface area contributed by atoms with Gasteiger partial charge >= 0.3 is 44.2 Å². The van der Waals surface area contributed by atoms with Crippen LogP contribution in [0.25, 0.3) is 0 Å². The molecule has 0 saturated heterocycles. The average molecular weight is 174 g/mol. The summed E-state index contributed by atoms with van der Waals surface area (Å²) in [7, 11) is 0. The second-order valence-electron chi connectivity index (χ2n) is 1.36. The summed E-state index contributed by atoms with van der Waals surface area (Å²) in [6.07, 6.45) is 0. The van der Waals surface area contributed by atoms with Crippen molar-refractivity contribution in [2.45, 2.75) is 16.4 Å². The van der Waals surface area contributed by atoms with E-state index in [1.807, 2.05) is 0 Å². The molecule has 0 spiro atoms. The molecule has 0 unspecified atom stereocenters. The van der Waals surface area contributed by atoms with Gasteiger partial charge in [0.25, 0.3) is 0 Å². The summed E-state index contributed by atoms with van der Waals surface area (Å²) in [6, 6.07) is 0. The summed E-state index contributed by atoms with van der Waals surface area (Å²) in [4.78, 5) is -3.85. The average Bonchev–Trinajstić information content (AvgIpc) is 1.31. The van der Waals surface area contributed by atoms with E-state index in [0.29, 0.717) is 0 Å². The summed E-state index contributed by atoms with van der Waals surface area (Å²) < 4.78 is 33.7. The van der Waals surface area contributed by atoms with Gasteiger partial charge in [-0.3, -0.25) is 0 Å². The Labute approximate surface area is 45.0 Å². The van der Waals surface area contributed by atoms with Crippen molar-refractivity contribution in [2.24, 2.45) is 0 Å². The Morgan fingerprint density at radius 1 is 1.14 bits per heavy atom. The van der Waals surface area contributed by atoms with Crippen LogP contribution in [0.15, 0.2) is 0 Å². The predicted molar refractivity (Wildman–Crippen MR) is 23.5 cm³/mol. The molecule has 0 amide bonds. The molecule has 0 rings (SSSR count). The molecule has 44 valence electrons. The second-order valence-corrected chi connectivity index (χ2v) is 6.18. The van der Waals surface area contributed by atoms with Gasteiger partial charge in [0.1, 0.15) is 0 Å². The van der Waals surface area contributed by atoms with Gasteiger partial charge < -0.3 is 0 Å². The van der Waals surface area contributed by atoms with Crippen LogP contribution < -0.4 is 0 Å². The van der Waals surface area contributed by atoms with Crippen LogP contribution in [0, 0.1) is 0 Å². The van der Waals surface area contributed by atoms with Crippen LogP contribution in [0.5, 0.6) is 0 Å². The van der Waals surface area contributed by atoms with E-state index in [2.05, 4.69) is 0 Å². The van der Waals surface area contributed by atoms with Crippen molar-refractivity contribution in [3.05, 3.63) is 0 Å². The Kier molecular flexibility index (Phi) is 2.18. The fraction of sp³-hybridized carbons (Fsp3) is 1.00. The minimum atomic E-state index is -3.85. The van der Waals surface area contributed by atoms with Gasteiger partial charge in [0.15, 0.2) is 0 Å². The first-order valence-electron chi connectivity index (χ1n) is 1.68. The fourth-order valence-corrected chi connectivity index (χ4v) is 0. The SMILES string of the molecule is C[As](C)C(F)(F)F. The monoisotopic (exact) mass is 174 g/mol. The van der Waals surface area contributed by atoms with E-state index in [-0.39, 0.29) is 0 Å². The van der Waals surface area contributed by atoms with Gasteiger partial charge in [0.2, 0.25) is 0 Å². The zero-order valence-corrected chi connectivity index (χ0v) is 5.96. The molecule has 0 heterocycles. The van der Waals surface area contributed by atoms with Gasteiger partial charge in [-0.25, -0.2) is 0 Å². The molecule has 0 bridgehead atoms. The molecule has 7 heavy (non-hydrogen) atoms. The number of rotatable bonds is 0. The van der Waals surface area contributed by atoms with Gasteiger partial charge in [-0.05, 0) is 0 Å². The maximum absolute atomic E-state index is 11.2. The number of alkyl halides is 3. The van der Waals surface area contributed by atoms with Gasteiger partial charge in [-0.15, -0.1) is 0 Å². The van der Waals surface area contributed by atoms with Crippen molar-refractivity contribution < 1.29 is 13.2 Å². The fourth-order valence-electron chi connectivity index (χ4n) is 0. The quantitative estimate of drug-likeness (QED) is 0.491. The first-order chi connectivity index (χ1) is 2.94. The predicted octanol–water partition coefficient (Wildman–Crippen LogP) is 1.84. The molecule has 0 radical (unpaired) electrons. The molecule has 0 aliphatic heterocycles. The van der Waals surface area contributed by atoms with Gasteiger partial charge in [0.05, 0.1) is 0 Å². The van der Waals surface area contributed by atoms with E-state index < -0.39 is 19.6 Å². The normalized spacial score (nSPS) is 12.9. The zero-order chi connectivity index (χ0) is 6.08. The summed E-state index contributed by atoms with van der Waals surface area (Å²) in [6.45, 7) is 0. The summed E-state index contributed by atoms with van der Waals surface area (Å²) >= 11 is -2.42. The standard InChI is InChI=1S/C3H6AsF3/c1-4(2)3(5,6)7/h1-2H3. The van der Waals surface area contributed by atoms with Crippen molar-refractivity contribution >= 4 is 14.7 Å². The molecule has 0 aliphatic carbocycles. The van der Waals surface area contributed by atoms with Crippen LogP contribution in [0.1, 0.15) is 0 Å². The van der Waals surface area contributed by atoms with Crippen LogP contribution in [0.3, 0.4) is 0 Å². The molecule has 0 nitrogen and oxygen atoms in total. The summed E-state index contributed by atoms with van der Waals surface area (Å²) in [5.74, 6) is 0. The third-order valence-electron chi connectivity index (χ3n) is 0.507. The molecule has 0 atom stereocenters. The van der Waals surface area contributed by atoms with E-state index >= 15 is 0 Å². The third kappa shape index (κ3) is 2.98. The van der Waals surface area contributed by atoms with E-state index in [0.717, 1.165) is 0 Å². The molecular weight excluding hydrogens is 168 g/mol. The molecule has 0 saturated carbocycles. The van der Waals surface area contributed by atoms with E-state index in [1.165, 1.54) is 11.4 Å². The van der Waals surface area contributed by atoms with E-state index in [1.54, 1.807) is 0 Å². The van der Waals surface area contributed by atoms with Crippen molar-refractivity contribution in [1.82, 2.24) is 0 Å². The summed E-state index contributed by atoms with van der Waals surface area (Å²) in [5, 5.41) is 0. The summed E-state index contributed by atoms with van der Waals surface area (Å²) in [5.41, 5.74) is 2.54. The van der Waals surface area contributed by atoms with Gasteiger partial charge in [0, 0.05) is 0 Å². The molecule has 0 aliphatic rings. The molecule has 0 fully saturated rings. The van der Waals surface area contributed by atoms with Gasteiger partial charge in [-0.2, -0.15) is 0 Å².